The zero-order chi connectivity index (χ0) is 14.4. The molecule has 0 spiro atoms. The molecule has 5 heteroatoms. The fraction of sp³-hybridized carbons (Fsp3) is 0.533. The van der Waals surface area contributed by atoms with E-state index in [0.717, 1.165) is 48.4 Å². The Hall–Kier alpha value is -0.910. The molecular weight excluding hydrogens is 320 g/mol. The summed E-state index contributed by atoms with van der Waals surface area (Å²) in [4.78, 5) is 14.5. The van der Waals surface area contributed by atoms with Crippen LogP contribution in [0.3, 0.4) is 0 Å². The Kier molecular flexibility index (Phi) is 6.01. The van der Waals surface area contributed by atoms with Crippen molar-refractivity contribution in [3.8, 4) is 5.75 Å². The smallest absolute Gasteiger partial charge is 0.151 e. The van der Waals surface area contributed by atoms with Crippen molar-refractivity contribution in [3.05, 3.63) is 28.2 Å². The van der Waals surface area contributed by atoms with Crippen LogP contribution in [0.2, 0.25) is 0 Å². The van der Waals surface area contributed by atoms with Crippen molar-refractivity contribution in [3.63, 3.8) is 0 Å². The van der Waals surface area contributed by atoms with Gasteiger partial charge in [0.25, 0.3) is 0 Å². The van der Waals surface area contributed by atoms with Crippen molar-refractivity contribution in [2.45, 2.75) is 12.8 Å². The maximum Gasteiger partial charge on any atom is 0.151 e. The summed E-state index contributed by atoms with van der Waals surface area (Å²) in [6.07, 6.45) is 1.53. The molecule has 1 fully saturated rings. The molecule has 0 bridgehead atoms. The van der Waals surface area contributed by atoms with Crippen LogP contribution in [0.1, 0.15) is 12.0 Å². The van der Waals surface area contributed by atoms with Crippen molar-refractivity contribution in [1.29, 1.82) is 0 Å². The number of methoxy groups -OCH3 is 1. The quantitative estimate of drug-likeness (QED) is 0.888. The van der Waals surface area contributed by atoms with Crippen molar-refractivity contribution >= 4 is 21.7 Å². The number of halogens is 1. The highest BCUT2D eigenvalue weighted by Gasteiger charge is 2.15. The Bertz CT molecular complexity index is 457. The molecule has 0 aromatic heterocycles. The highest BCUT2D eigenvalue weighted by molar-refractivity contribution is 9.10. The van der Waals surface area contributed by atoms with Crippen LogP contribution in [0.4, 0.5) is 0 Å². The Morgan fingerprint density at radius 1 is 1.40 bits per heavy atom. The summed E-state index contributed by atoms with van der Waals surface area (Å²) in [5.74, 6) is 1.02. The monoisotopic (exact) mass is 340 g/mol. The van der Waals surface area contributed by atoms with Gasteiger partial charge >= 0.3 is 0 Å². The van der Waals surface area contributed by atoms with Gasteiger partial charge in [0.1, 0.15) is 5.75 Å². The number of benzene rings is 1. The van der Waals surface area contributed by atoms with E-state index in [1.165, 1.54) is 0 Å². The van der Waals surface area contributed by atoms with Crippen molar-refractivity contribution in [1.82, 2.24) is 10.2 Å². The zero-order valence-electron chi connectivity index (χ0n) is 11.8. The summed E-state index contributed by atoms with van der Waals surface area (Å²) in [5.41, 5.74) is 0.944. The second-order valence-electron chi connectivity index (χ2n) is 5.05. The van der Waals surface area contributed by atoms with E-state index in [1.807, 2.05) is 18.2 Å². The normalized spacial score (nSPS) is 16.7. The molecule has 1 saturated heterocycles. The van der Waals surface area contributed by atoms with Crippen LogP contribution in [-0.4, -0.2) is 50.5 Å². The number of nitrogens with one attached hydrogen (secondary N) is 1. The van der Waals surface area contributed by atoms with Crippen molar-refractivity contribution in [2.24, 2.45) is 0 Å². The molecule has 4 nitrogen and oxygen atoms in total. The van der Waals surface area contributed by atoms with Gasteiger partial charge in [0.15, 0.2) is 5.78 Å². The van der Waals surface area contributed by atoms with E-state index < -0.39 is 0 Å². The molecule has 0 radical (unpaired) electrons. The lowest BCUT2D eigenvalue weighted by atomic mass is 10.1. The predicted molar refractivity (Wildman–Crippen MR) is 83.3 cm³/mol. The first kappa shape index (κ1) is 15.5. The van der Waals surface area contributed by atoms with Gasteiger partial charge in [-0.05, 0) is 37.7 Å². The molecule has 2 rings (SSSR count). The summed E-state index contributed by atoms with van der Waals surface area (Å²) in [5, 5.41) is 3.35. The van der Waals surface area contributed by atoms with Crippen LogP contribution >= 0.6 is 15.9 Å². The topological polar surface area (TPSA) is 41.6 Å². The Balaban J connectivity index is 1.95. The first-order chi connectivity index (χ1) is 9.69. The maximum absolute atomic E-state index is 12.2. The molecule has 1 aliphatic rings. The van der Waals surface area contributed by atoms with Crippen LogP contribution in [-0.2, 0) is 11.2 Å². The van der Waals surface area contributed by atoms with Crippen molar-refractivity contribution < 1.29 is 9.53 Å². The molecule has 1 N–H and O–H groups in total. The first-order valence-electron chi connectivity index (χ1n) is 6.96. The number of nitrogens with zero attached hydrogens (tertiary/aromatic N) is 1. The second-order valence-corrected chi connectivity index (χ2v) is 5.97. The first-order valence-corrected chi connectivity index (χ1v) is 7.75. The minimum absolute atomic E-state index is 0.239. The number of ketones is 1. The lowest BCUT2D eigenvalue weighted by Gasteiger charge is -2.18. The number of carbonyl (C=O) groups is 1. The lowest BCUT2D eigenvalue weighted by Crippen LogP contribution is -2.33. The number of hydrogen-bond donors (Lipinski definition) is 1. The van der Waals surface area contributed by atoms with Gasteiger partial charge in [-0.1, -0.05) is 15.9 Å². The van der Waals surface area contributed by atoms with Crippen LogP contribution in [0.5, 0.6) is 5.75 Å². The number of ether oxygens (including phenoxy) is 1. The number of hydrogen-bond acceptors (Lipinski definition) is 4. The predicted octanol–water partition coefficient (Wildman–Crippen LogP) is 1.86. The van der Waals surface area contributed by atoms with Crippen molar-refractivity contribution in [2.75, 3.05) is 39.8 Å². The summed E-state index contributed by atoms with van der Waals surface area (Å²) in [6, 6.07) is 5.77. The maximum atomic E-state index is 12.2. The van der Waals surface area contributed by atoms with Gasteiger partial charge < -0.3 is 10.1 Å². The van der Waals surface area contributed by atoms with E-state index >= 15 is 0 Å². The average Bonchev–Trinajstić information content (AvgIpc) is 2.67. The molecule has 0 saturated carbocycles. The summed E-state index contributed by atoms with van der Waals surface area (Å²) in [6.45, 7) is 4.48. The van der Waals surface area contributed by atoms with Crippen LogP contribution in [0.15, 0.2) is 22.7 Å². The summed E-state index contributed by atoms with van der Waals surface area (Å²) >= 11 is 3.44. The van der Waals surface area contributed by atoms with Crippen LogP contribution < -0.4 is 10.1 Å². The zero-order valence-corrected chi connectivity index (χ0v) is 13.4. The highest BCUT2D eigenvalue weighted by atomic mass is 79.9. The minimum Gasteiger partial charge on any atom is -0.496 e. The van der Waals surface area contributed by atoms with E-state index in [4.69, 9.17) is 4.74 Å². The number of carbonyl (C=O) groups excluding carboxylic acids is 1. The van der Waals surface area contributed by atoms with E-state index in [1.54, 1.807) is 7.11 Å². The van der Waals surface area contributed by atoms with Gasteiger partial charge in [0.05, 0.1) is 13.7 Å². The molecule has 1 aromatic rings. The largest absolute Gasteiger partial charge is 0.496 e. The second kappa shape index (κ2) is 7.76. The number of rotatable bonds is 5. The molecule has 1 aliphatic heterocycles. The van der Waals surface area contributed by atoms with Crippen LogP contribution in [0.25, 0.3) is 0 Å². The third-order valence-corrected chi connectivity index (χ3v) is 3.96. The molecule has 0 unspecified atom stereocenters. The molecule has 0 amide bonds. The standard InChI is InChI=1S/C15H21BrN2O2/c1-20-15-4-3-13(16)9-12(15)10-14(19)11-18-7-2-5-17-6-8-18/h3-4,9,17H,2,5-8,10-11H2,1H3. The van der Waals surface area contributed by atoms with Gasteiger partial charge in [-0.3, -0.25) is 9.69 Å². The van der Waals surface area contributed by atoms with E-state index in [2.05, 4.69) is 26.1 Å². The molecule has 1 aromatic carbocycles. The fourth-order valence-corrected chi connectivity index (χ4v) is 2.87. The third kappa shape index (κ3) is 4.58. The van der Waals surface area contributed by atoms with Gasteiger partial charge in [-0.2, -0.15) is 0 Å². The van der Waals surface area contributed by atoms with Gasteiger partial charge in [0, 0.05) is 29.5 Å². The minimum atomic E-state index is 0.239. The lowest BCUT2D eigenvalue weighted by molar-refractivity contribution is -0.119. The van der Waals surface area contributed by atoms with E-state index in [-0.39, 0.29) is 5.78 Å². The summed E-state index contributed by atoms with van der Waals surface area (Å²) in [7, 11) is 1.64. The molecule has 0 atom stereocenters. The summed E-state index contributed by atoms with van der Waals surface area (Å²) < 4.78 is 6.29. The SMILES string of the molecule is COc1ccc(Br)cc1CC(=O)CN1CCCNCC1. The van der Waals surface area contributed by atoms with E-state index in [0.29, 0.717) is 13.0 Å². The molecule has 1 heterocycles. The van der Waals surface area contributed by atoms with E-state index in [9.17, 15) is 4.79 Å². The number of Topliss-reactive ketones (excluding diaryl/α,β-unsaturated/α-hetero) is 1. The molecule has 20 heavy (non-hydrogen) atoms. The Morgan fingerprint density at radius 2 is 2.25 bits per heavy atom. The third-order valence-electron chi connectivity index (χ3n) is 3.46. The Morgan fingerprint density at radius 3 is 3.05 bits per heavy atom. The van der Waals surface area contributed by atoms with Gasteiger partial charge in [0.2, 0.25) is 0 Å². The molecular formula is C15H21BrN2O2. The average molecular weight is 341 g/mol. The fourth-order valence-electron chi connectivity index (χ4n) is 2.46. The van der Waals surface area contributed by atoms with Gasteiger partial charge in [-0.25, -0.2) is 0 Å². The Labute approximate surface area is 128 Å². The highest BCUT2D eigenvalue weighted by Crippen LogP contribution is 2.23. The van der Waals surface area contributed by atoms with Crippen LogP contribution in [0, 0.1) is 0 Å². The van der Waals surface area contributed by atoms with Gasteiger partial charge in [-0.15, -0.1) is 0 Å². The molecule has 110 valence electrons. The molecule has 0 aliphatic carbocycles.